The molecule has 24 heavy (non-hydrogen) atoms. The van der Waals surface area contributed by atoms with Crippen LogP contribution >= 0.6 is 0 Å². The van der Waals surface area contributed by atoms with Crippen molar-refractivity contribution in [3.8, 4) is 11.3 Å². The second-order valence-corrected chi connectivity index (χ2v) is 7.27. The minimum absolute atomic E-state index is 0.234. The van der Waals surface area contributed by atoms with Crippen molar-refractivity contribution >= 4 is 6.09 Å². The van der Waals surface area contributed by atoms with Gasteiger partial charge in [0, 0.05) is 24.7 Å². The Morgan fingerprint density at radius 1 is 1.17 bits per heavy atom. The molecule has 5 heteroatoms. The maximum absolute atomic E-state index is 12.3. The Morgan fingerprint density at radius 3 is 2.50 bits per heavy atom. The summed E-state index contributed by atoms with van der Waals surface area (Å²) in [7, 11) is 0. The van der Waals surface area contributed by atoms with E-state index in [0.29, 0.717) is 13.1 Å². The van der Waals surface area contributed by atoms with Gasteiger partial charge in [-0.3, -0.25) is 0 Å². The molecule has 2 heterocycles. The molecule has 1 amide bonds. The third-order valence-corrected chi connectivity index (χ3v) is 4.08. The number of hydrogen-bond acceptors (Lipinski definition) is 4. The molecule has 0 radical (unpaired) electrons. The van der Waals surface area contributed by atoms with E-state index in [4.69, 9.17) is 9.26 Å². The van der Waals surface area contributed by atoms with Crippen LogP contribution in [0, 0.1) is 6.92 Å². The number of aryl methyl sites for hydroxylation is 1. The minimum atomic E-state index is -0.464. The van der Waals surface area contributed by atoms with E-state index in [-0.39, 0.29) is 6.09 Å². The van der Waals surface area contributed by atoms with Gasteiger partial charge in [-0.2, -0.15) is 0 Å². The lowest BCUT2D eigenvalue weighted by molar-refractivity contribution is 0.0258. The lowest BCUT2D eigenvalue weighted by Crippen LogP contribution is -2.38. The van der Waals surface area contributed by atoms with Crippen molar-refractivity contribution in [3.63, 3.8) is 0 Å². The smallest absolute Gasteiger partial charge is 0.410 e. The second-order valence-electron chi connectivity index (χ2n) is 7.27. The summed E-state index contributed by atoms with van der Waals surface area (Å²) in [6.07, 6.45) is 1.43. The number of carbonyl (C=O) groups excluding carboxylic acids is 1. The Balaban J connectivity index is 1.75. The molecular formula is C19H24N2O3. The molecule has 0 N–H and O–H groups in total. The summed E-state index contributed by atoms with van der Waals surface area (Å²) in [4.78, 5) is 14.1. The zero-order valence-electron chi connectivity index (χ0n) is 14.8. The summed E-state index contributed by atoms with van der Waals surface area (Å²) in [5, 5.41) is 4.08. The quantitative estimate of drug-likeness (QED) is 0.794. The fourth-order valence-corrected chi connectivity index (χ4v) is 2.90. The van der Waals surface area contributed by atoms with Crippen LogP contribution in [0.4, 0.5) is 4.79 Å². The average molecular weight is 328 g/mol. The van der Waals surface area contributed by atoms with E-state index < -0.39 is 5.60 Å². The molecule has 1 aliphatic rings. The van der Waals surface area contributed by atoms with E-state index in [1.54, 1.807) is 4.90 Å². The maximum Gasteiger partial charge on any atom is 0.410 e. The van der Waals surface area contributed by atoms with Gasteiger partial charge in [-0.15, -0.1) is 0 Å². The first-order chi connectivity index (χ1) is 11.3. The molecule has 0 unspecified atom stereocenters. The molecule has 3 rings (SSSR count). The van der Waals surface area contributed by atoms with E-state index in [9.17, 15) is 4.79 Å². The normalized spacial score (nSPS) is 14.9. The number of benzene rings is 1. The maximum atomic E-state index is 12.3. The molecule has 0 fully saturated rings. The lowest BCUT2D eigenvalue weighted by Gasteiger charge is -2.26. The van der Waals surface area contributed by atoms with Crippen LogP contribution in [0.3, 0.4) is 0 Å². The molecule has 0 bridgehead atoms. The van der Waals surface area contributed by atoms with Gasteiger partial charge in [0.15, 0.2) is 0 Å². The third kappa shape index (κ3) is 3.78. The van der Waals surface area contributed by atoms with Crippen LogP contribution in [-0.2, 0) is 17.6 Å². The molecule has 0 atom stereocenters. The standard InChI is InChI=1S/C19H24N2O3/c1-13-11-17(20-24-13)16-6-5-14-7-9-21(10-8-15(14)12-16)18(22)23-19(2,3)4/h5-6,11-12H,7-10H2,1-4H3. The predicted molar refractivity (Wildman–Crippen MR) is 91.9 cm³/mol. The molecular weight excluding hydrogens is 304 g/mol. The highest BCUT2D eigenvalue weighted by Gasteiger charge is 2.24. The van der Waals surface area contributed by atoms with E-state index in [0.717, 1.165) is 29.9 Å². The summed E-state index contributed by atoms with van der Waals surface area (Å²) in [5.74, 6) is 0.802. The van der Waals surface area contributed by atoms with Gasteiger partial charge in [0.1, 0.15) is 17.1 Å². The minimum Gasteiger partial charge on any atom is -0.444 e. The number of amides is 1. The highest BCUT2D eigenvalue weighted by atomic mass is 16.6. The number of ether oxygens (including phenoxy) is 1. The Morgan fingerprint density at radius 2 is 1.88 bits per heavy atom. The predicted octanol–water partition coefficient (Wildman–Crippen LogP) is 3.99. The number of carbonyl (C=O) groups is 1. The van der Waals surface area contributed by atoms with Crippen LogP contribution < -0.4 is 0 Å². The number of rotatable bonds is 1. The van der Waals surface area contributed by atoms with Crippen molar-refractivity contribution in [3.05, 3.63) is 41.2 Å². The monoisotopic (exact) mass is 328 g/mol. The molecule has 0 spiro atoms. The summed E-state index contributed by atoms with van der Waals surface area (Å²) in [5.41, 5.74) is 3.98. The van der Waals surface area contributed by atoms with E-state index >= 15 is 0 Å². The van der Waals surface area contributed by atoms with Crippen molar-refractivity contribution in [1.29, 1.82) is 0 Å². The van der Waals surface area contributed by atoms with Crippen LogP contribution in [0.25, 0.3) is 11.3 Å². The Bertz CT molecular complexity index is 743. The summed E-state index contributed by atoms with van der Waals surface area (Å²) in [6, 6.07) is 8.29. The topological polar surface area (TPSA) is 55.6 Å². The SMILES string of the molecule is Cc1cc(-c2ccc3c(c2)CCN(C(=O)OC(C)(C)C)CC3)no1. The van der Waals surface area contributed by atoms with Gasteiger partial charge in [-0.1, -0.05) is 17.3 Å². The number of fused-ring (bicyclic) bond motifs is 1. The van der Waals surface area contributed by atoms with Crippen molar-refractivity contribution in [2.75, 3.05) is 13.1 Å². The number of aromatic nitrogens is 1. The molecule has 1 aliphatic heterocycles. The molecule has 0 saturated heterocycles. The van der Waals surface area contributed by atoms with Crippen LogP contribution in [0.5, 0.6) is 0 Å². The van der Waals surface area contributed by atoms with E-state index in [1.807, 2.05) is 33.8 Å². The van der Waals surface area contributed by atoms with Crippen molar-refractivity contribution in [2.24, 2.45) is 0 Å². The van der Waals surface area contributed by atoms with Gasteiger partial charge in [0.05, 0.1) is 0 Å². The largest absolute Gasteiger partial charge is 0.444 e. The first-order valence-electron chi connectivity index (χ1n) is 8.35. The van der Waals surface area contributed by atoms with Crippen molar-refractivity contribution < 1.29 is 14.1 Å². The van der Waals surface area contributed by atoms with Gasteiger partial charge < -0.3 is 14.2 Å². The second kappa shape index (κ2) is 6.30. The highest BCUT2D eigenvalue weighted by molar-refractivity contribution is 5.68. The number of hydrogen-bond donors (Lipinski definition) is 0. The van der Waals surface area contributed by atoms with Gasteiger partial charge in [-0.25, -0.2) is 4.79 Å². The third-order valence-electron chi connectivity index (χ3n) is 4.08. The Labute approximate surface area is 142 Å². The highest BCUT2D eigenvalue weighted by Crippen LogP contribution is 2.25. The van der Waals surface area contributed by atoms with Gasteiger partial charge in [0.2, 0.25) is 0 Å². The molecule has 2 aromatic rings. The van der Waals surface area contributed by atoms with Crippen LogP contribution in [0.1, 0.15) is 37.7 Å². The fraction of sp³-hybridized carbons (Fsp3) is 0.474. The Hall–Kier alpha value is -2.30. The first kappa shape index (κ1) is 16.6. The van der Waals surface area contributed by atoms with Crippen molar-refractivity contribution in [2.45, 2.75) is 46.1 Å². The van der Waals surface area contributed by atoms with Gasteiger partial charge in [-0.05, 0) is 57.7 Å². The van der Waals surface area contributed by atoms with Crippen LogP contribution in [0.15, 0.2) is 28.8 Å². The zero-order valence-corrected chi connectivity index (χ0v) is 14.8. The molecule has 0 saturated carbocycles. The number of nitrogens with zero attached hydrogens (tertiary/aromatic N) is 2. The summed E-state index contributed by atoms with van der Waals surface area (Å²) in [6.45, 7) is 8.92. The summed E-state index contributed by atoms with van der Waals surface area (Å²) >= 11 is 0. The molecule has 128 valence electrons. The van der Waals surface area contributed by atoms with Crippen LogP contribution in [-0.4, -0.2) is 34.8 Å². The molecule has 0 aliphatic carbocycles. The Kier molecular flexibility index (Phi) is 4.35. The van der Waals surface area contributed by atoms with E-state index in [2.05, 4.69) is 23.4 Å². The molecule has 1 aromatic carbocycles. The van der Waals surface area contributed by atoms with Crippen molar-refractivity contribution in [1.82, 2.24) is 10.1 Å². The van der Waals surface area contributed by atoms with E-state index in [1.165, 1.54) is 11.1 Å². The molecule has 5 nitrogen and oxygen atoms in total. The van der Waals surface area contributed by atoms with Gasteiger partial charge in [0.25, 0.3) is 0 Å². The summed E-state index contributed by atoms with van der Waals surface area (Å²) < 4.78 is 10.7. The zero-order chi connectivity index (χ0) is 17.3. The molecule has 1 aromatic heterocycles. The van der Waals surface area contributed by atoms with Gasteiger partial charge >= 0.3 is 6.09 Å². The van der Waals surface area contributed by atoms with Crippen LogP contribution in [0.2, 0.25) is 0 Å². The fourth-order valence-electron chi connectivity index (χ4n) is 2.90. The average Bonchev–Trinajstić information content (AvgIpc) is 2.81. The first-order valence-corrected chi connectivity index (χ1v) is 8.35. The lowest BCUT2D eigenvalue weighted by atomic mass is 9.99.